The molecule has 0 amide bonds. The fourth-order valence-electron chi connectivity index (χ4n) is 2.97. The zero-order valence-corrected chi connectivity index (χ0v) is 13.8. The molecule has 1 aromatic rings. The van der Waals surface area contributed by atoms with Crippen LogP contribution >= 0.6 is 0 Å². The molecule has 0 saturated carbocycles. The zero-order chi connectivity index (χ0) is 16.4. The van der Waals surface area contributed by atoms with Gasteiger partial charge < -0.3 is 9.47 Å². The Hall–Kier alpha value is -1.64. The van der Waals surface area contributed by atoms with Gasteiger partial charge in [-0.25, -0.2) is 8.42 Å². The van der Waals surface area contributed by atoms with Crippen LogP contribution in [0.1, 0.15) is 6.42 Å². The topological polar surface area (TPSA) is 76.2 Å². The molecule has 0 aliphatic carbocycles. The average molecular weight is 340 g/mol. The van der Waals surface area contributed by atoms with Gasteiger partial charge in [0.15, 0.2) is 0 Å². The Morgan fingerprint density at radius 1 is 1.13 bits per heavy atom. The van der Waals surface area contributed by atoms with Gasteiger partial charge >= 0.3 is 5.97 Å². The van der Waals surface area contributed by atoms with Crippen LogP contribution in [-0.2, 0) is 19.6 Å². The van der Waals surface area contributed by atoms with Gasteiger partial charge in [0.05, 0.1) is 18.6 Å². The largest absolute Gasteiger partial charge is 0.497 e. The van der Waals surface area contributed by atoms with Gasteiger partial charge in [-0.1, -0.05) is 0 Å². The van der Waals surface area contributed by atoms with Crippen molar-refractivity contribution in [3.63, 3.8) is 0 Å². The molecule has 23 heavy (non-hydrogen) atoms. The SMILES string of the molecule is COc1ccc(S(=O)(=O)N2CCN([C@@H]3CCOC3=O)CC2)cc1. The summed E-state index contributed by atoms with van der Waals surface area (Å²) in [4.78, 5) is 13.9. The van der Waals surface area contributed by atoms with Gasteiger partial charge in [0.2, 0.25) is 10.0 Å². The van der Waals surface area contributed by atoms with Crippen LogP contribution in [-0.4, -0.2) is 69.5 Å². The van der Waals surface area contributed by atoms with Crippen molar-refractivity contribution >= 4 is 16.0 Å². The quantitative estimate of drug-likeness (QED) is 0.735. The molecule has 2 aliphatic rings. The molecule has 0 aromatic heterocycles. The van der Waals surface area contributed by atoms with E-state index in [0.29, 0.717) is 45.0 Å². The van der Waals surface area contributed by atoms with Crippen molar-refractivity contribution in [2.24, 2.45) is 0 Å². The Morgan fingerprint density at radius 3 is 2.30 bits per heavy atom. The first-order chi connectivity index (χ1) is 11.0. The van der Waals surface area contributed by atoms with Gasteiger partial charge in [-0.15, -0.1) is 0 Å². The number of rotatable bonds is 4. The molecule has 126 valence electrons. The van der Waals surface area contributed by atoms with Gasteiger partial charge in [0.25, 0.3) is 0 Å². The zero-order valence-electron chi connectivity index (χ0n) is 13.0. The van der Waals surface area contributed by atoms with Crippen molar-refractivity contribution in [1.82, 2.24) is 9.21 Å². The number of benzene rings is 1. The molecule has 0 spiro atoms. The standard InChI is InChI=1S/C15H20N2O5S/c1-21-12-2-4-13(5-3-12)23(19,20)17-9-7-16(8-10-17)14-6-11-22-15(14)18/h2-5,14H,6-11H2,1H3/t14-/m1/s1. The highest BCUT2D eigenvalue weighted by atomic mass is 32.2. The Kier molecular flexibility index (Phi) is 4.56. The molecule has 2 heterocycles. The predicted molar refractivity (Wildman–Crippen MR) is 82.7 cm³/mol. The minimum absolute atomic E-state index is 0.198. The summed E-state index contributed by atoms with van der Waals surface area (Å²) in [7, 11) is -1.97. The fourth-order valence-corrected chi connectivity index (χ4v) is 4.39. The highest BCUT2D eigenvalue weighted by Gasteiger charge is 2.36. The molecular weight excluding hydrogens is 320 g/mol. The Balaban J connectivity index is 1.67. The molecule has 3 rings (SSSR count). The molecular formula is C15H20N2O5S. The second kappa shape index (κ2) is 6.46. The fraction of sp³-hybridized carbons (Fsp3) is 0.533. The van der Waals surface area contributed by atoms with Crippen LogP contribution < -0.4 is 4.74 Å². The maximum atomic E-state index is 12.7. The summed E-state index contributed by atoms with van der Waals surface area (Å²) in [6.45, 7) is 2.27. The third-order valence-corrected chi connectivity index (χ3v) is 6.23. The molecule has 1 atom stereocenters. The van der Waals surface area contributed by atoms with Crippen LogP contribution in [0, 0.1) is 0 Å². The van der Waals surface area contributed by atoms with E-state index in [2.05, 4.69) is 0 Å². The molecule has 8 heteroatoms. The number of nitrogens with zero attached hydrogens (tertiary/aromatic N) is 2. The van der Waals surface area contributed by atoms with E-state index >= 15 is 0 Å². The molecule has 2 saturated heterocycles. The summed E-state index contributed by atoms with van der Waals surface area (Å²) in [6, 6.07) is 6.15. The smallest absolute Gasteiger partial charge is 0.323 e. The van der Waals surface area contributed by atoms with E-state index in [1.54, 1.807) is 24.3 Å². The monoisotopic (exact) mass is 340 g/mol. The minimum atomic E-state index is -3.51. The molecule has 0 unspecified atom stereocenters. The lowest BCUT2D eigenvalue weighted by atomic mass is 10.2. The van der Waals surface area contributed by atoms with E-state index in [1.807, 2.05) is 4.90 Å². The van der Waals surface area contributed by atoms with Crippen molar-refractivity contribution < 1.29 is 22.7 Å². The highest BCUT2D eigenvalue weighted by Crippen LogP contribution is 2.22. The van der Waals surface area contributed by atoms with Crippen molar-refractivity contribution in [3.05, 3.63) is 24.3 Å². The number of ether oxygens (including phenoxy) is 2. The van der Waals surface area contributed by atoms with E-state index < -0.39 is 10.0 Å². The van der Waals surface area contributed by atoms with Crippen LogP contribution in [0.3, 0.4) is 0 Å². The van der Waals surface area contributed by atoms with Crippen molar-refractivity contribution in [1.29, 1.82) is 0 Å². The maximum absolute atomic E-state index is 12.7. The third-order valence-electron chi connectivity index (χ3n) is 4.32. The Bertz CT molecular complexity index is 666. The number of esters is 1. The first kappa shape index (κ1) is 16.2. The second-order valence-electron chi connectivity index (χ2n) is 5.59. The Labute approximate surface area is 135 Å². The number of hydrogen-bond acceptors (Lipinski definition) is 6. The third kappa shape index (κ3) is 3.19. The van der Waals surface area contributed by atoms with Gasteiger partial charge in [-0.2, -0.15) is 4.31 Å². The summed E-state index contributed by atoms with van der Waals surface area (Å²) >= 11 is 0. The van der Waals surface area contributed by atoms with Crippen molar-refractivity contribution in [3.8, 4) is 5.75 Å². The summed E-state index contributed by atoms with van der Waals surface area (Å²) in [5.41, 5.74) is 0. The molecule has 1 aromatic carbocycles. The number of cyclic esters (lactones) is 1. The van der Waals surface area contributed by atoms with Crippen LogP contribution in [0.4, 0.5) is 0 Å². The van der Waals surface area contributed by atoms with Crippen LogP contribution in [0.15, 0.2) is 29.2 Å². The summed E-state index contributed by atoms with van der Waals surface area (Å²) in [6.07, 6.45) is 0.685. The molecule has 0 N–H and O–H groups in total. The lowest BCUT2D eigenvalue weighted by Crippen LogP contribution is -2.52. The van der Waals surface area contributed by atoms with Crippen molar-refractivity contribution in [2.75, 3.05) is 39.9 Å². The van der Waals surface area contributed by atoms with E-state index in [0.717, 1.165) is 0 Å². The average Bonchev–Trinajstić information content (AvgIpc) is 3.01. The predicted octanol–water partition coefficient (Wildman–Crippen LogP) is 0.317. The number of carbonyl (C=O) groups is 1. The van der Waals surface area contributed by atoms with E-state index in [1.165, 1.54) is 11.4 Å². The number of hydrogen-bond donors (Lipinski definition) is 0. The Morgan fingerprint density at radius 2 is 1.78 bits per heavy atom. The molecule has 7 nitrogen and oxygen atoms in total. The van der Waals surface area contributed by atoms with Crippen LogP contribution in [0.5, 0.6) is 5.75 Å². The summed E-state index contributed by atoms with van der Waals surface area (Å²) in [5.74, 6) is 0.421. The number of methoxy groups -OCH3 is 1. The highest BCUT2D eigenvalue weighted by molar-refractivity contribution is 7.89. The number of piperazine rings is 1. The van der Waals surface area contributed by atoms with Gasteiger partial charge in [-0.3, -0.25) is 9.69 Å². The normalized spacial score (nSPS) is 23.7. The number of carbonyl (C=O) groups excluding carboxylic acids is 1. The van der Waals surface area contributed by atoms with Crippen molar-refractivity contribution in [2.45, 2.75) is 17.4 Å². The number of sulfonamides is 1. The maximum Gasteiger partial charge on any atom is 0.323 e. The molecule has 0 bridgehead atoms. The molecule has 2 fully saturated rings. The summed E-state index contributed by atoms with van der Waals surface area (Å²) < 4.78 is 36.8. The van der Waals surface area contributed by atoms with E-state index in [4.69, 9.17) is 9.47 Å². The second-order valence-corrected chi connectivity index (χ2v) is 7.53. The molecule has 2 aliphatic heterocycles. The van der Waals surface area contributed by atoms with Gasteiger partial charge in [0.1, 0.15) is 11.8 Å². The van der Waals surface area contributed by atoms with Gasteiger partial charge in [-0.05, 0) is 24.3 Å². The van der Waals surface area contributed by atoms with Gasteiger partial charge in [0, 0.05) is 32.6 Å². The molecule has 0 radical (unpaired) electrons. The van der Waals surface area contributed by atoms with E-state index in [9.17, 15) is 13.2 Å². The van der Waals surface area contributed by atoms with Crippen LogP contribution in [0.2, 0.25) is 0 Å². The first-order valence-corrected chi connectivity index (χ1v) is 9.01. The lowest BCUT2D eigenvalue weighted by Gasteiger charge is -2.35. The first-order valence-electron chi connectivity index (χ1n) is 7.57. The summed E-state index contributed by atoms with van der Waals surface area (Å²) in [5, 5.41) is 0. The lowest BCUT2D eigenvalue weighted by molar-refractivity contribution is -0.142. The van der Waals surface area contributed by atoms with Crippen LogP contribution in [0.25, 0.3) is 0 Å². The minimum Gasteiger partial charge on any atom is -0.497 e. The van der Waals surface area contributed by atoms with E-state index in [-0.39, 0.29) is 16.9 Å².